The van der Waals surface area contributed by atoms with Crippen molar-refractivity contribution in [2.75, 3.05) is 20.2 Å². The molecule has 2 aliphatic heterocycles. The van der Waals surface area contributed by atoms with Crippen molar-refractivity contribution in [1.29, 1.82) is 0 Å². The Bertz CT molecular complexity index is 2400. The number of carbonyl (C=O) groups excluding carboxylic acids is 5. The number of amides is 5. The van der Waals surface area contributed by atoms with Gasteiger partial charge in [0.2, 0.25) is 0 Å². The number of nitrogens with one attached hydrogen (secondary N) is 3. The van der Waals surface area contributed by atoms with Gasteiger partial charge in [0.25, 0.3) is 23.6 Å². The number of rotatable bonds is 9. The third-order valence-corrected chi connectivity index (χ3v) is 8.99. The van der Waals surface area contributed by atoms with Crippen molar-refractivity contribution in [3.8, 4) is 0 Å². The lowest BCUT2D eigenvalue weighted by Gasteiger charge is -2.26. The summed E-state index contributed by atoms with van der Waals surface area (Å²) in [6.45, 7) is 5.45. The van der Waals surface area contributed by atoms with E-state index in [-0.39, 0.29) is 77.2 Å². The lowest BCUT2D eigenvalue weighted by Crippen LogP contribution is -2.48. The number of ether oxygens (including phenoxy) is 1. The molecule has 0 unspecified atom stereocenters. The number of nitrogens with two attached hydrogens (primary N) is 1. The number of fused-ring (bicyclic) bond motifs is 4. The van der Waals surface area contributed by atoms with Crippen molar-refractivity contribution in [1.82, 2.24) is 45.5 Å². The number of nitrogens with zero attached hydrogens (tertiary/aromatic N) is 6. The van der Waals surface area contributed by atoms with Gasteiger partial charge in [0.15, 0.2) is 0 Å². The van der Waals surface area contributed by atoms with Gasteiger partial charge < -0.3 is 20.9 Å². The highest BCUT2D eigenvalue weighted by Gasteiger charge is 2.38. The summed E-state index contributed by atoms with van der Waals surface area (Å²) < 4.78 is 5.37. The van der Waals surface area contributed by atoms with Crippen LogP contribution in [-0.4, -0.2) is 113 Å². The topological polar surface area (TPSA) is 242 Å². The van der Waals surface area contributed by atoms with Gasteiger partial charge in [-0.25, -0.2) is 4.79 Å². The zero-order valence-electron chi connectivity index (χ0n) is 32.7. The third kappa shape index (κ3) is 10.9. The van der Waals surface area contributed by atoms with Crippen LogP contribution in [0.3, 0.4) is 0 Å². The van der Waals surface area contributed by atoms with E-state index < -0.39 is 17.7 Å². The van der Waals surface area contributed by atoms with Crippen molar-refractivity contribution in [2.24, 2.45) is 5.73 Å². The van der Waals surface area contributed by atoms with Gasteiger partial charge in [0.1, 0.15) is 5.60 Å². The molecule has 2 aromatic carbocycles. The Morgan fingerprint density at radius 2 is 1.12 bits per heavy atom. The second-order valence-electron chi connectivity index (χ2n) is 14.3. The molecule has 0 fully saturated rings. The monoisotopic (exact) mass is 858 g/mol. The van der Waals surface area contributed by atoms with Crippen LogP contribution in [0.25, 0.3) is 21.8 Å². The summed E-state index contributed by atoms with van der Waals surface area (Å²) in [5.41, 5.74) is 10.2. The molecule has 6 N–H and O–H groups in total. The molecule has 0 aliphatic carbocycles. The number of hydrogen-bond donors (Lipinski definition) is 5. The maximum atomic E-state index is 12.8. The Balaban J connectivity index is 0.000000301. The molecule has 60 heavy (non-hydrogen) atoms. The zero-order chi connectivity index (χ0) is 40.9. The van der Waals surface area contributed by atoms with E-state index in [4.69, 9.17) is 15.6 Å². The molecule has 5 amide bonds. The molecule has 2 aliphatic rings. The SMILES string of the molecule is C.CC(C)(C)OC(=O)N[C@@H](Cc1cc2cn[nH]c2cn1)CN1C(=O)c2ccccc2C1=O.CO.N[C@@H](Cc1cc2cn[nH]c2cn1)CN1C(=O)c2ccccc2C1=O.S.S. The lowest BCUT2D eigenvalue weighted by molar-refractivity contribution is 0.0467. The van der Waals surface area contributed by atoms with Crippen molar-refractivity contribution >= 4 is 78.5 Å². The molecule has 0 radical (unpaired) electrons. The van der Waals surface area contributed by atoms with Gasteiger partial charge in [-0.1, -0.05) is 31.7 Å². The van der Waals surface area contributed by atoms with Gasteiger partial charge in [0, 0.05) is 54.7 Å². The van der Waals surface area contributed by atoms with Gasteiger partial charge in [0.05, 0.1) is 70.7 Å². The van der Waals surface area contributed by atoms with Crippen LogP contribution in [0.5, 0.6) is 0 Å². The maximum Gasteiger partial charge on any atom is 0.407 e. The number of alkyl carbamates (subject to hydrolysis) is 1. The fourth-order valence-corrected chi connectivity index (χ4v) is 6.49. The fraction of sp³-hybridized carbons (Fsp3) is 0.293. The summed E-state index contributed by atoms with van der Waals surface area (Å²) in [5, 5.41) is 25.2. The Morgan fingerprint density at radius 3 is 1.53 bits per heavy atom. The smallest absolute Gasteiger partial charge is 0.407 e. The van der Waals surface area contributed by atoms with Crippen LogP contribution in [0, 0.1) is 0 Å². The van der Waals surface area contributed by atoms with Crippen LogP contribution in [-0.2, 0) is 17.6 Å². The van der Waals surface area contributed by atoms with Crippen LogP contribution in [0.4, 0.5) is 4.79 Å². The number of benzene rings is 2. The number of carbonyl (C=O) groups is 5. The van der Waals surface area contributed by atoms with Crippen LogP contribution in [0.15, 0.2) is 85.5 Å². The lowest BCUT2D eigenvalue weighted by atomic mass is 10.1. The zero-order valence-corrected chi connectivity index (χ0v) is 34.7. The van der Waals surface area contributed by atoms with Gasteiger partial charge in [-0.05, 0) is 57.2 Å². The van der Waals surface area contributed by atoms with Gasteiger partial charge in [-0.15, -0.1) is 0 Å². The molecule has 0 saturated carbocycles. The van der Waals surface area contributed by atoms with Crippen LogP contribution in [0.2, 0.25) is 0 Å². The maximum absolute atomic E-state index is 12.8. The first-order chi connectivity index (χ1) is 27.3. The Hall–Kier alpha value is -6.15. The first-order valence-corrected chi connectivity index (χ1v) is 18.0. The van der Waals surface area contributed by atoms with E-state index in [2.05, 4.69) is 35.7 Å². The fourth-order valence-electron chi connectivity index (χ4n) is 6.49. The number of hydrogen-bond acceptors (Lipinski definition) is 12. The molecule has 4 aromatic heterocycles. The van der Waals surface area contributed by atoms with Gasteiger partial charge in [-0.2, -0.15) is 37.2 Å². The molecule has 0 bridgehead atoms. The predicted octanol–water partition coefficient (Wildman–Crippen LogP) is 4.28. The molecule has 2 atom stereocenters. The number of H-pyrrole nitrogens is 2. The molecule has 318 valence electrons. The molecular weight excluding hydrogens is 809 g/mol. The first kappa shape index (κ1) is 48.2. The van der Waals surface area contributed by atoms with Crippen molar-refractivity contribution < 1.29 is 33.8 Å². The molecule has 6 heterocycles. The highest BCUT2D eigenvalue weighted by molar-refractivity contribution is 7.59. The molecule has 17 nitrogen and oxygen atoms in total. The van der Waals surface area contributed by atoms with Crippen molar-refractivity contribution in [2.45, 2.75) is 58.7 Å². The number of pyridine rings is 2. The molecule has 0 saturated heterocycles. The van der Waals surface area contributed by atoms with Crippen molar-refractivity contribution in [3.05, 3.63) is 119 Å². The Kier molecular flexibility index (Phi) is 16.6. The molecule has 6 aromatic rings. The Morgan fingerprint density at radius 1 is 0.717 bits per heavy atom. The van der Waals surface area contributed by atoms with E-state index in [9.17, 15) is 24.0 Å². The number of aromatic amines is 2. The number of aliphatic hydroxyl groups excluding tert-OH is 1. The van der Waals surface area contributed by atoms with E-state index in [1.54, 1.807) is 94.1 Å². The third-order valence-electron chi connectivity index (χ3n) is 8.99. The standard InChI is InChI=1S/C22H23N5O4.C17H15N5O2.CH4O.CH4.2H2S/c1-22(2,3)31-21(30)25-15(9-14-8-13-10-24-26-18(13)11-23-14)12-27-19(28)16-6-4-5-7-17(16)20(27)29;18-11(6-12-5-10-7-20-21-15(10)8-19-12)9-22-16(23)13-3-1-2-4-14(13)17(22)24;1-2;;;/h4-8,10-11,15H,9,12H2,1-3H3,(H,24,26)(H,25,30);1-5,7-8,11H,6,9,18H2,(H,20,21);2H,1H3;1H4;2*1H2/t15-;11-;;;;/m00..../s1. The molecular formula is C41H50N10O7S2. The molecule has 0 spiro atoms. The minimum Gasteiger partial charge on any atom is -0.444 e. The highest BCUT2D eigenvalue weighted by atomic mass is 32.1. The summed E-state index contributed by atoms with van der Waals surface area (Å²) in [5.74, 6) is -1.33. The molecule has 19 heteroatoms. The van der Waals surface area contributed by atoms with E-state index in [0.29, 0.717) is 40.8 Å². The van der Waals surface area contributed by atoms with E-state index in [0.717, 1.165) is 39.5 Å². The summed E-state index contributed by atoms with van der Waals surface area (Å²) in [6, 6.07) is 16.3. The second-order valence-corrected chi connectivity index (χ2v) is 14.3. The second kappa shape index (κ2) is 20.7. The van der Waals surface area contributed by atoms with E-state index >= 15 is 0 Å². The summed E-state index contributed by atoms with van der Waals surface area (Å²) in [4.78, 5) is 73.8. The van der Waals surface area contributed by atoms with E-state index in [1.165, 1.54) is 4.90 Å². The largest absolute Gasteiger partial charge is 0.444 e. The van der Waals surface area contributed by atoms with Gasteiger partial charge in [-0.3, -0.25) is 49.1 Å². The van der Waals surface area contributed by atoms with Crippen molar-refractivity contribution in [3.63, 3.8) is 0 Å². The van der Waals surface area contributed by atoms with E-state index in [1.807, 2.05) is 12.1 Å². The number of aliphatic hydroxyl groups is 1. The quantitative estimate of drug-likeness (QED) is 0.128. The summed E-state index contributed by atoms with van der Waals surface area (Å²) >= 11 is 0. The molecule has 8 rings (SSSR count). The van der Waals surface area contributed by atoms with Gasteiger partial charge >= 0.3 is 6.09 Å². The van der Waals surface area contributed by atoms with Crippen LogP contribution >= 0.6 is 27.0 Å². The normalized spacial score (nSPS) is 13.7. The minimum atomic E-state index is -0.682. The first-order valence-electron chi connectivity index (χ1n) is 18.0. The minimum absolute atomic E-state index is 0. The van der Waals surface area contributed by atoms with Crippen LogP contribution < -0.4 is 11.1 Å². The van der Waals surface area contributed by atoms with Crippen LogP contribution in [0.1, 0.15) is 81.0 Å². The average Bonchev–Trinajstić information content (AvgIpc) is 3.96. The Labute approximate surface area is 360 Å². The highest BCUT2D eigenvalue weighted by Crippen LogP contribution is 2.25. The number of aromatic nitrogens is 6. The predicted molar refractivity (Wildman–Crippen MR) is 236 cm³/mol. The number of imide groups is 2. The summed E-state index contributed by atoms with van der Waals surface area (Å²) in [6.07, 6.45) is 6.90. The average molecular weight is 859 g/mol. The summed E-state index contributed by atoms with van der Waals surface area (Å²) in [7, 11) is 1.00.